The number of halogens is 2. The molecule has 0 aliphatic heterocycles. The van der Waals surface area contributed by atoms with Crippen LogP contribution in [0.1, 0.15) is 10.4 Å². The summed E-state index contributed by atoms with van der Waals surface area (Å²) in [5.41, 5.74) is 0.250. The van der Waals surface area contributed by atoms with Crippen LogP contribution >= 0.6 is 11.8 Å². The Labute approximate surface area is 123 Å². The maximum atomic E-state index is 12.5. The van der Waals surface area contributed by atoms with Crippen LogP contribution in [0.15, 0.2) is 47.4 Å². The summed E-state index contributed by atoms with van der Waals surface area (Å²) in [6.07, 6.45) is 0. The highest BCUT2D eigenvalue weighted by Crippen LogP contribution is 2.32. The lowest BCUT2D eigenvalue weighted by Crippen LogP contribution is -2.12. The van der Waals surface area contributed by atoms with Crippen LogP contribution in [0.5, 0.6) is 11.5 Å². The number of phenols is 2. The Kier molecular flexibility index (Phi) is 4.64. The molecule has 0 heterocycles. The number of phenolic OH excluding ortho intramolecular Hbond substituents is 2. The summed E-state index contributed by atoms with van der Waals surface area (Å²) >= 11 is 0.322. The van der Waals surface area contributed by atoms with E-state index in [1.165, 1.54) is 12.1 Å². The van der Waals surface area contributed by atoms with Crippen LogP contribution in [-0.2, 0) is 0 Å². The van der Waals surface area contributed by atoms with Gasteiger partial charge in [-0.2, -0.15) is 8.78 Å². The first-order valence-corrected chi connectivity index (χ1v) is 6.72. The zero-order valence-electron chi connectivity index (χ0n) is 10.6. The molecular weight excluding hydrogens is 300 g/mol. The Morgan fingerprint density at radius 2 is 1.71 bits per heavy atom. The van der Waals surface area contributed by atoms with Crippen LogP contribution in [-0.4, -0.2) is 21.9 Å². The van der Waals surface area contributed by atoms with Gasteiger partial charge in [-0.05, 0) is 24.3 Å². The molecule has 0 saturated heterocycles. The second-order valence-corrected chi connectivity index (χ2v) is 5.10. The number of para-hydroxylation sites is 1. The highest BCUT2D eigenvalue weighted by Gasteiger charge is 2.13. The molecule has 4 nitrogen and oxygen atoms in total. The topological polar surface area (TPSA) is 69.6 Å². The van der Waals surface area contributed by atoms with Crippen molar-refractivity contribution in [1.29, 1.82) is 0 Å². The summed E-state index contributed by atoms with van der Waals surface area (Å²) in [5.74, 6) is -3.76. The van der Waals surface area contributed by atoms with Gasteiger partial charge in [0.05, 0.1) is 5.69 Å². The monoisotopic (exact) mass is 311 g/mol. The average molecular weight is 311 g/mol. The Hall–Kier alpha value is -2.28. The lowest BCUT2D eigenvalue weighted by molar-refractivity contribution is 0.102. The Balaban J connectivity index is 2.23. The zero-order valence-corrected chi connectivity index (χ0v) is 11.4. The highest BCUT2D eigenvalue weighted by molar-refractivity contribution is 7.99. The summed E-state index contributed by atoms with van der Waals surface area (Å²) in [6.45, 7) is 0. The number of rotatable bonds is 4. The van der Waals surface area contributed by atoms with Crippen molar-refractivity contribution in [3.63, 3.8) is 0 Å². The standard InChI is InChI=1S/C14H11F2NO3S/c15-14(16)21-12-4-2-1-3-11(12)17-13(20)8-5-9(18)7-10(19)6-8/h1-7,14,18-19H,(H,17,20). The first kappa shape index (κ1) is 15.1. The second-order valence-electron chi connectivity index (χ2n) is 4.07. The van der Waals surface area contributed by atoms with Gasteiger partial charge in [0, 0.05) is 16.5 Å². The highest BCUT2D eigenvalue weighted by atomic mass is 32.2. The molecule has 21 heavy (non-hydrogen) atoms. The van der Waals surface area contributed by atoms with E-state index in [1.54, 1.807) is 12.1 Å². The van der Waals surface area contributed by atoms with E-state index in [2.05, 4.69) is 5.32 Å². The third kappa shape index (κ3) is 4.09. The van der Waals surface area contributed by atoms with Gasteiger partial charge in [-0.3, -0.25) is 4.79 Å². The van der Waals surface area contributed by atoms with Crippen LogP contribution in [0.2, 0.25) is 0 Å². The first-order valence-electron chi connectivity index (χ1n) is 5.84. The van der Waals surface area contributed by atoms with E-state index >= 15 is 0 Å². The number of hydrogen-bond donors (Lipinski definition) is 3. The minimum Gasteiger partial charge on any atom is -0.508 e. The van der Waals surface area contributed by atoms with Gasteiger partial charge in [0.2, 0.25) is 0 Å². The molecule has 2 aromatic carbocycles. The van der Waals surface area contributed by atoms with Crippen LogP contribution in [0, 0.1) is 0 Å². The molecule has 0 unspecified atom stereocenters. The average Bonchev–Trinajstić information content (AvgIpc) is 2.39. The van der Waals surface area contributed by atoms with Crippen LogP contribution in [0.3, 0.4) is 0 Å². The molecule has 110 valence electrons. The number of alkyl halides is 2. The third-order valence-electron chi connectivity index (χ3n) is 2.52. The number of hydrogen-bond acceptors (Lipinski definition) is 4. The van der Waals surface area contributed by atoms with Gasteiger partial charge in [0.25, 0.3) is 11.7 Å². The van der Waals surface area contributed by atoms with Gasteiger partial charge >= 0.3 is 0 Å². The number of thioether (sulfide) groups is 1. The molecule has 0 fully saturated rings. The number of anilines is 1. The minimum atomic E-state index is -2.60. The fraction of sp³-hybridized carbons (Fsp3) is 0.0714. The molecule has 0 spiro atoms. The smallest absolute Gasteiger partial charge is 0.288 e. The lowest BCUT2D eigenvalue weighted by atomic mass is 10.2. The molecule has 1 amide bonds. The van der Waals surface area contributed by atoms with Gasteiger partial charge < -0.3 is 15.5 Å². The number of carbonyl (C=O) groups is 1. The fourth-order valence-electron chi connectivity index (χ4n) is 1.69. The summed E-state index contributed by atoms with van der Waals surface area (Å²) in [5, 5.41) is 21.1. The normalized spacial score (nSPS) is 10.6. The molecule has 2 rings (SSSR count). The predicted molar refractivity (Wildman–Crippen MR) is 76.0 cm³/mol. The number of aromatic hydroxyl groups is 2. The van der Waals surface area contributed by atoms with E-state index < -0.39 is 11.7 Å². The number of nitrogens with one attached hydrogen (secondary N) is 1. The Morgan fingerprint density at radius 1 is 1.10 bits per heavy atom. The van der Waals surface area contributed by atoms with E-state index in [0.717, 1.165) is 18.2 Å². The fourth-order valence-corrected chi connectivity index (χ4v) is 2.28. The third-order valence-corrected chi connectivity index (χ3v) is 3.30. The number of amides is 1. The largest absolute Gasteiger partial charge is 0.508 e. The predicted octanol–water partition coefficient (Wildman–Crippen LogP) is 3.66. The SMILES string of the molecule is O=C(Nc1ccccc1SC(F)F)c1cc(O)cc(O)c1. The van der Waals surface area contributed by atoms with Crippen molar-refractivity contribution in [3.05, 3.63) is 48.0 Å². The van der Waals surface area contributed by atoms with E-state index in [9.17, 15) is 23.8 Å². The maximum Gasteiger partial charge on any atom is 0.288 e. The first-order chi connectivity index (χ1) is 9.95. The Morgan fingerprint density at radius 3 is 2.33 bits per heavy atom. The molecule has 0 aliphatic rings. The van der Waals surface area contributed by atoms with Crippen molar-refractivity contribution in [3.8, 4) is 11.5 Å². The summed E-state index contributed by atoms with van der Waals surface area (Å²) < 4.78 is 24.9. The van der Waals surface area contributed by atoms with Crippen molar-refractivity contribution >= 4 is 23.4 Å². The second kappa shape index (κ2) is 6.45. The molecule has 0 atom stereocenters. The summed E-state index contributed by atoms with van der Waals surface area (Å²) in [6, 6.07) is 9.55. The summed E-state index contributed by atoms with van der Waals surface area (Å²) in [4.78, 5) is 12.3. The van der Waals surface area contributed by atoms with Gasteiger partial charge in [0.1, 0.15) is 11.5 Å². The van der Waals surface area contributed by atoms with Crippen molar-refractivity contribution in [2.45, 2.75) is 10.7 Å². The minimum absolute atomic E-state index is 0.0179. The molecule has 7 heteroatoms. The van der Waals surface area contributed by atoms with Crippen LogP contribution in [0.25, 0.3) is 0 Å². The van der Waals surface area contributed by atoms with E-state index in [1.807, 2.05) is 0 Å². The van der Waals surface area contributed by atoms with Crippen molar-refractivity contribution in [2.24, 2.45) is 0 Å². The summed E-state index contributed by atoms with van der Waals surface area (Å²) in [7, 11) is 0. The van der Waals surface area contributed by atoms with Crippen molar-refractivity contribution in [2.75, 3.05) is 5.32 Å². The van der Waals surface area contributed by atoms with Crippen molar-refractivity contribution < 1.29 is 23.8 Å². The van der Waals surface area contributed by atoms with Gasteiger partial charge in [0.15, 0.2) is 0 Å². The molecular formula is C14H11F2NO3S. The van der Waals surface area contributed by atoms with Crippen molar-refractivity contribution in [1.82, 2.24) is 0 Å². The number of carbonyl (C=O) groups excluding carboxylic acids is 1. The maximum absolute atomic E-state index is 12.5. The Bertz CT molecular complexity index is 644. The zero-order chi connectivity index (χ0) is 15.4. The molecule has 0 radical (unpaired) electrons. The molecule has 0 bridgehead atoms. The molecule has 0 aromatic heterocycles. The van der Waals surface area contributed by atoms with E-state index in [0.29, 0.717) is 11.8 Å². The van der Waals surface area contributed by atoms with E-state index in [4.69, 9.17) is 0 Å². The number of benzene rings is 2. The quantitative estimate of drug-likeness (QED) is 0.754. The van der Waals surface area contributed by atoms with Gasteiger partial charge in [-0.15, -0.1) is 0 Å². The van der Waals surface area contributed by atoms with Gasteiger partial charge in [-0.1, -0.05) is 23.9 Å². The molecule has 3 N–H and O–H groups in total. The van der Waals surface area contributed by atoms with Gasteiger partial charge in [-0.25, -0.2) is 0 Å². The van der Waals surface area contributed by atoms with E-state index in [-0.39, 0.29) is 27.6 Å². The molecule has 0 aliphatic carbocycles. The lowest BCUT2D eigenvalue weighted by Gasteiger charge is -2.10. The van der Waals surface area contributed by atoms with Crippen LogP contribution < -0.4 is 5.32 Å². The molecule has 2 aromatic rings. The van der Waals surface area contributed by atoms with Crippen LogP contribution in [0.4, 0.5) is 14.5 Å². The molecule has 0 saturated carbocycles.